The van der Waals surface area contributed by atoms with Gasteiger partial charge in [0.25, 0.3) is 14.3 Å². The van der Waals surface area contributed by atoms with Crippen LogP contribution in [-0.4, -0.2) is 15.4 Å². The monoisotopic (exact) mass is 228 g/mol. The lowest BCUT2D eigenvalue weighted by atomic mass is 10.5. The molecule has 0 rings (SSSR count). The molecule has 0 bridgehead atoms. The Balaban J connectivity index is 4.62. The third-order valence-corrected chi connectivity index (χ3v) is 7.38. The van der Waals surface area contributed by atoms with Crippen molar-refractivity contribution in [3.8, 4) is 0 Å². The molecule has 0 fully saturated rings. The van der Waals surface area contributed by atoms with Gasteiger partial charge in [-0.1, -0.05) is 32.9 Å². The highest BCUT2D eigenvalue weighted by Gasteiger charge is 2.31. The lowest BCUT2D eigenvalue weighted by molar-refractivity contribution is 0.143. The van der Waals surface area contributed by atoms with Gasteiger partial charge in [0, 0.05) is 6.08 Å². The quantitative estimate of drug-likeness (QED) is 0.371. The smallest absolute Gasteiger partial charge is 0.264 e. The minimum absolute atomic E-state index is 0.658. The number of allylic oxidation sites excluding steroid dienone is 3. The standard InChI is InChI=1S/C12H24O2Si/c1-6-10-11-12(13-5)14-15(7-2,8-3)9-4/h6,10-11H,7-9H2,1-5H3/b10-6+,12-11+. The summed E-state index contributed by atoms with van der Waals surface area (Å²) in [5.41, 5.74) is 0. The van der Waals surface area contributed by atoms with Gasteiger partial charge in [-0.25, -0.2) is 0 Å². The zero-order valence-electron chi connectivity index (χ0n) is 10.7. The second kappa shape index (κ2) is 7.57. The molecule has 0 saturated heterocycles. The van der Waals surface area contributed by atoms with E-state index in [1.54, 1.807) is 7.11 Å². The molecule has 15 heavy (non-hydrogen) atoms. The summed E-state index contributed by atoms with van der Waals surface area (Å²) in [6.45, 7) is 8.61. The van der Waals surface area contributed by atoms with E-state index >= 15 is 0 Å². The van der Waals surface area contributed by atoms with Gasteiger partial charge in [-0.15, -0.1) is 0 Å². The van der Waals surface area contributed by atoms with Crippen molar-refractivity contribution in [3.63, 3.8) is 0 Å². The molecule has 0 aliphatic heterocycles. The molecule has 0 aromatic carbocycles. The van der Waals surface area contributed by atoms with Gasteiger partial charge in [0.1, 0.15) is 0 Å². The Morgan fingerprint density at radius 3 is 2.00 bits per heavy atom. The lowest BCUT2D eigenvalue weighted by Crippen LogP contribution is -2.35. The van der Waals surface area contributed by atoms with Crippen LogP contribution in [0.5, 0.6) is 0 Å². The molecule has 88 valence electrons. The first-order chi connectivity index (χ1) is 7.17. The molecule has 0 amide bonds. The average Bonchev–Trinajstić information content (AvgIpc) is 2.30. The first-order valence-electron chi connectivity index (χ1n) is 5.74. The second-order valence-electron chi connectivity index (χ2n) is 3.56. The molecule has 0 heterocycles. The van der Waals surface area contributed by atoms with Crippen LogP contribution < -0.4 is 0 Å². The topological polar surface area (TPSA) is 18.5 Å². The van der Waals surface area contributed by atoms with Crippen LogP contribution in [0.3, 0.4) is 0 Å². The van der Waals surface area contributed by atoms with Gasteiger partial charge in [0.05, 0.1) is 7.11 Å². The molecule has 0 atom stereocenters. The SMILES string of the molecule is C/C=C/C=C(\OC)O[Si](CC)(CC)CC. The lowest BCUT2D eigenvalue weighted by Gasteiger charge is -2.29. The summed E-state index contributed by atoms with van der Waals surface area (Å²) < 4.78 is 11.3. The minimum Gasteiger partial charge on any atom is -0.519 e. The van der Waals surface area contributed by atoms with Crippen LogP contribution in [0.25, 0.3) is 0 Å². The number of hydrogen-bond acceptors (Lipinski definition) is 2. The Kier molecular flexibility index (Phi) is 7.22. The molecule has 3 heteroatoms. The van der Waals surface area contributed by atoms with Gasteiger partial charge in [-0.2, -0.15) is 0 Å². The van der Waals surface area contributed by atoms with Crippen molar-refractivity contribution in [1.29, 1.82) is 0 Å². The normalized spacial score (nSPS) is 13.3. The van der Waals surface area contributed by atoms with Gasteiger partial charge in [0.2, 0.25) is 0 Å². The summed E-state index contributed by atoms with van der Waals surface area (Å²) in [6, 6.07) is 3.41. The van der Waals surface area contributed by atoms with Gasteiger partial charge in [-0.05, 0) is 25.1 Å². The Bertz CT molecular complexity index is 209. The molecule has 0 unspecified atom stereocenters. The summed E-state index contributed by atoms with van der Waals surface area (Å²) in [6.07, 6.45) is 5.80. The molecule has 0 radical (unpaired) electrons. The Labute approximate surface area is 95.1 Å². The van der Waals surface area contributed by atoms with Crippen LogP contribution in [0.1, 0.15) is 27.7 Å². The fourth-order valence-electron chi connectivity index (χ4n) is 1.50. The van der Waals surface area contributed by atoms with Gasteiger partial charge in [-0.3, -0.25) is 0 Å². The van der Waals surface area contributed by atoms with E-state index in [1.807, 2.05) is 25.2 Å². The summed E-state index contributed by atoms with van der Waals surface area (Å²) >= 11 is 0. The summed E-state index contributed by atoms with van der Waals surface area (Å²) in [5.74, 6) is 0.658. The van der Waals surface area contributed by atoms with E-state index in [4.69, 9.17) is 9.16 Å². The Hall–Kier alpha value is -0.703. The van der Waals surface area contributed by atoms with E-state index < -0.39 is 8.32 Å². The molecular formula is C12H24O2Si. The van der Waals surface area contributed by atoms with Crippen molar-refractivity contribution in [2.75, 3.05) is 7.11 Å². The van der Waals surface area contributed by atoms with Gasteiger partial charge in [0.15, 0.2) is 0 Å². The van der Waals surface area contributed by atoms with Gasteiger partial charge < -0.3 is 9.16 Å². The molecule has 0 saturated carbocycles. The predicted molar refractivity (Wildman–Crippen MR) is 68.2 cm³/mol. The van der Waals surface area contributed by atoms with E-state index in [0.29, 0.717) is 5.95 Å². The molecule has 0 aliphatic carbocycles. The summed E-state index contributed by atoms with van der Waals surface area (Å²) in [5, 5.41) is 0. The van der Waals surface area contributed by atoms with Crippen LogP contribution >= 0.6 is 0 Å². The Morgan fingerprint density at radius 2 is 1.67 bits per heavy atom. The Morgan fingerprint density at radius 1 is 1.13 bits per heavy atom. The number of ether oxygens (including phenoxy) is 1. The molecule has 0 aromatic rings. The van der Waals surface area contributed by atoms with Gasteiger partial charge >= 0.3 is 0 Å². The maximum absolute atomic E-state index is 6.06. The number of rotatable bonds is 7. The molecule has 0 aromatic heterocycles. The maximum atomic E-state index is 6.06. The van der Waals surface area contributed by atoms with Crippen molar-refractivity contribution >= 4 is 8.32 Å². The minimum atomic E-state index is -1.58. The molecule has 0 N–H and O–H groups in total. The van der Waals surface area contributed by atoms with Crippen molar-refractivity contribution in [3.05, 3.63) is 24.2 Å². The summed E-state index contributed by atoms with van der Waals surface area (Å²) in [7, 11) is 0.0836. The fourth-order valence-corrected chi connectivity index (χ4v) is 4.01. The molecule has 0 aliphatic rings. The largest absolute Gasteiger partial charge is 0.519 e. The third kappa shape index (κ3) is 4.56. The van der Waals surface area contributed by atoms with E-state index in [-0.39, 0.29) is 0 Å². The highest BCUT2D eigenvalue weighted by atomic mass is 28.4. The van der Waals surface area contributed by atoms with Crippen molar-refractivity contribution in [2.45, 2.75) is 45.8 Å². The third-order valence-electron chi connectivity index (χ3n) is 2.88. The van der Waals surface area contributed by atoms with E-state index in [1.165, 1.54) is 0 Å². The zero-order chi connectivity index (χ0) is 11.7. The second-order valence-corrected chi connectivity index (χ2v) is 8.25. The van der Waals surface area contributed by atoms with Crippen molar-refractivity contribution in [2.24, 2.45) is 0 Å². The number of hydrogen-bond donors (Lipinski definition) is 0. The first kappa shape index (κ1) is 14.3. The van der Waals surface area contributed by atoms with Crippen LogP contribution in [-0.2, 0) is 9.16 Å². The number of methoxy groups -OCH3 is 1. The molecule has 0 spiro atoms. The van der Waals surface area contributed by atoms with Crippen LogP contribution in [0.2, 0.25) is 18.1 Å². The average molecular weight is 228 g/mol. The molecule has 2 nitrogen and oxygen atoms in total. The highest BCUT2D eigenvalue weighted by Crippen LogP contribution is 2.24. The summed E-state index contributed by atoms with van der Waals surface area (Å²) in [4.78, 5) is 0. The highest BCUT2D eigenvalue weighted by molar-refractivity contribution is 6.73. The van der Waals surface area contributed by atoms with Crippen molar-refractivity contribution in [1.82, 2.24) is 0 Å². The zero-order valence-corrected chi connectivity index (χ0v) is 11.7. The maximum Gasteiger partial charge on any atom is 0.264 e. The van der Waals surface area contributed by atoms with E-state index in [9.17, 15) is 0 Å². The van der Waals surface area contributed by atoms with Crippen LogP contribution in [0, 0.1) is 0 Å². The van der Waals surface area contributed by atoms with Crippen LogP contribution in [0.15, 0.2) is 24.2 Å². The van der Waals surface area contributed by atoms with E-state index in [2.05, 4.69) is 20.8 Å². The molecular weight excluding hydrogens is 204 g/mol. The first-order valence-corrected chi connectivity index (χ1v) is 8.26. The fraction of sp³-hybridized carbons (Fsp3) is 0.667. The van der Waals surface area contributed by atoms with E-state index in [0.717, 1.165) is 18.1 Å². The van der Waals surface area contributed by atoms with Crippen LogP contribution in [0.4, 0.5) is 0 Å². The predicted octanol–water partition coefficient (Wildman–Crippen LogP) is 4.07. The van der Waals surface area contributed by atoms with Crippen molar-refractivity contribution < 1.29 is 9.16 Å².